The van der Waals surface area contributed by atoms with Gasteiger partial charge < -0.3 is 13.6 Å². The molecule has 2 aromatic carbocycles. The van der Waals surface area contributed by atoms with E-state index in [1.807, 2.05) is 0 Å². The summed E-state index contributed by atoms with van der Waals surface area (Å²) >= 11 is -2.79. The lowest BCUT2D eigenvalue weighted by Crippen LogP contribution is -2.01. The van der Waals surface area contributed by atoms with Crippen molar-refractivity contribution in [3.05, 3.63) is 65.2 Å². The third-order valence-electron chi connectivity index (χ3n) is 3.50. The molecule has 2 rings (SSSR count). The molecule has 0 heterocycles. The van der Waals surface area contributed by atoms with Crippen molar-refractivity contribution in [1.82, 2.24) is 0 Å². The maximum absolute atomic E-state index is 11.5. The fourth-order valence-electron chi connectivity index (χ4n) is 2.28. The van der Waals surface area contributed by atoms with Crippen LogP contribution < -0.4 is 4.18 Å². The monoisotopic (exact) mass is 437 g/mol. The van der Waals surface area contributed by atoms with Crippen molar-refractivity contribution in [3.8, 4) is 5.75 Å². The Bertz CT molecular complexity index is 1090. The molecule has 0 amide bonds. The van der Waals surface area contributed by atoms with Gasteiger partial charge in [-0.05, 0) is 36.2 Å². The van der Waals surface area contributed by atoms with Gasteiger partial charge in [-0.1, -0.05) is 36.4 Å². The zero-order chi connectivity index (χ0) is 21.4. The van der Waals surface area contributed by atoms with E-state index < -0.39 is 21.5 Å². The Morgan fingerprint density at radius 1 is 1.10 bits per heavy atom. The molecule has 0 aliphatic carbocycles. The van der Waals surface area contributed by atoms with E-state index in [9.17, 15) is 21.7 Å². The summed E-state index contributed by atoms with van der Waals surface area (Å²) in [5.41, 5.74) is 1.73. The van der Waals surface area contributed by atoms with Gasteiger partial charge in [0.25, 0.3) is 10.1 Å². The molecular formula is C18H17N2O7S2-. The number of aryl methyl sites for hydroxylation is 1. The molecule has 1 N–H and O–H groups in total. The van der Waals surface area contributed by atoms with Crippen LogP contribution in [0.1, 0.15) is 16.7 Å². The average molecular weight is 437 g/mol. The van der Waals surface area contributed by atoms with Gasteiger partial charge >= 0.3 is 0 Å². The van der Waals surface area contributed by atoms with Gasteiger partial charge in [-0.25, -0.2) is 4.21 Å². The summed E-state index contributed by atoms with van der Waals surface area (Å²) in [5, 5.41) is 7.06. The molecule has 0 aliphatic rings. The molecule has 154 valence electrons. The molecule has 1 unspecified atom stereocenters. The van der Waals surface area contributed by atoms with Crippen molar-refractivity contribution in [1.29, 1.82) is 0 Å². The summed E-state index contributed by atoms with van der Waals surface area (Å²) in [7, 11) is -3.05. The van der Waals surface area contributed by atoms with Gasteiger partial charge in [0, 0.05) is 16.9 Å². The topological polar surface area (TPSA) is 138 Å². The molecule has 0 aliphatic heterocycles. The van der Waals surface area contributed by atoms with Crippen LogP contribution in [0.4, 0.5) is 5.69 Å². The lowest BCUT2D eigenvalue weighted by molar-refractivity contribution is 0.190. The first-order valence-corrected chi connectivity index (χ1v) is 10.4. The van der Waals surface area contributed by atoms with Crippen molar-refractivity contribution in [2.45, 2.75) is 11.8 Å². The predicted octanol–water partition coefficient (Wildman–Crippen LogP) is 3.79. The van der Waals surface area contributed by atoms with E-state index in [0.717, 1.165) is 0 Å². The fourth-order valence-corrected chi connectivity index (χ4v) is 3.34. The Balaban J connectivity index is 2.30. The quantitative estimate of drug-likeness (QED) is 0.218. The highest BCUT2D eigenvalue weighted by molar-refractivity contribution is 7.86. The summed E-state index contributed by atoms with van der Waals surface area (Å²) in [6, 6.07) is 9.13. The Labute approximate surface area is 170 Å². The molecule has 1 atom stereocenters. The van der Waals surface area contributed by atoms with Crippen LogP contribution in [0.5, 0.6) is 5.75 Å². The summed E-state index contributed by atoms with van der Waals surface area (Å²) in [4.78, 5) is 4.26. The molecule has 9 nitrogen and oxygen atoms in total. The normalized spacial score (nSPS) is 13.4. The van der Waals surface area contributed by atoms with E-state index in [1.54, 1.807) is 43.3 Å². The van der Waals surface area contributed by atoms with Crippen LogP contribution in [-0.4, -0.2) is 28.8 Å². The minimum absolute atomic E-state index is 0.0181. The van der Waals surface area contributed by atoms with Crippen molar-refractivity contribution in [2.24, 2.45) is 10.4 Å². The van der Waals surface area contributed by atoms with E-state index in [-0.39, 0.29) is 10.6 Å². The minimum Gasteiger partial charge on any atom is -0.740 e. The minimum atomic E-state index is -4.37. The average Bonchev–Trinajstić information content (AvgIpc) is 2.64. The number of benzene rings is 2. The predicted molar refractivity (Wildman–Crippen MR) is 107 cm³/mol. The third-order valence-corrected chi connectivity index (χ3v) is 4.73. The first-order chi connectivity index (χ1) is 13.7. The lowest BCUT2D eigenvalue weighted by Gasteiger charge is -2.10. The Morgan fingerprint density at radius 2 is 1.76 bits per heavy atom. The fraction of sp³-hybridized carbons (Fsp3) is 0.111. The van der Waals surface area contributed by atoms with Gasteiger partial charge in [-0.3, -0.25) is 4.55 Å². The molecule has 11 heteroatoms. The number of rotatable bonds is 8. The van der Waals surface area contributed by atoms with E-state index >= 15 is 0 Å². The van der Waals surface area contributed by atoms with E-state index in [1.165, 1.54) is 31.4 Å². The number of allylic oxidation sites excluding steroid dienone is 2. The third kappa shape index (κ3) is 6.91. The van der Waals surface area contributed by atoms with Gasteiger partial charge in [-0.2, -0.15) is 8.42 Å². The van der Waals surface area contributed by atoms with E-state index in [0.29, 0.717) is 22.4 Å². The number of hydrogen-bond acceptors (Lipinski definition) is 8. The molecule has 0 aromatic heterocycles. The second-order valence-corrected chi connectivity index (χ2v) is 7.57. The van der Waals surface area contributed by atoms with Crippen LogP contribution in [0, 0.1) is 6.92 Å². The second-order valence-electron chi connectivity index (χ2n) is 5.61. The standard InChI is InChI=1S/C18H18N2O7S2/c1-13-7-8-15(18(11-13)29(23,24)25)6-4-3-5-14-9-10-16(19-20-26-2)12-17(14)27-28(21)22/h3-12H,1-2H3,(H,21,22)(H,23,24,25)/p-1/b5-3+,6-4+,20-19?. The van der Waals surface area contributed by atoms with Gasteiger partial charge in [-0.15, -0.1) is 5.11 Å². The smallest absolute Gasteiger partial charge is 0.295 e. The van der Waals surface area contributed by atoms with E-state index in [4.69, 9.17) is 4.18 Å². The van der Waals surface area contributed by atoms with Crippen LogP contribution in [0.15, 0.2) is 63.8 Å². The zero-order valence-electron chi connectivity index (χ0n) is 15.4. The van der Waals surface area contributed by atoms with Crippen molar-refractivity contribution >= 4 is 39.3 Å². The maximum Gasteiger partial charge on any atom is 0.295 e. The summed E-state index contributed by atoms with van der Waals surface area (Å²) < 4.78 is 58.9. The van der Waals surface area contributed by atoms with E-state index in [2.05, 4.69) is 15.2 Å². The van der Waals surface area contributed by atoms with Crippen LogP contribution in [0.25, 0.3) is 12.2 Å². The molecule has 0 bridgehead atoms. The highest BCUT2D eigenvalue weighted by atomic mass is 32.2. The zero-order valence-corrected chi connectivity index (χ0v) is 17.0. The second kappa shape index (κ2) is 10.1. The highest BCUT2D eigenvalue weighted by Crippen LogP contribution is 2.27. The van der Waals surface area contributed by atoms with Crippen molar-refractivity contribution in [2.75, 3.05) is 7.11 Å². The summed E-state index contributed by atoms with van der Waals surface area (Å²) in [6.07, 6.45) is 6.14. The Kier molecular flexibility index (Phi) is 7.79. The molecule has 0 radical (unpaired) electrons. The van der Waals surface area contributed by atoms with Crippen LogP contribution in [0.2, 0.25) is 0 Å². The van der Waals surface area contributed by atoms with Crippen LogP contribution in [0.3, 0.4) is 0 Å². The molecule has 2 aromatic rings. The first-order valence-electron chi connectivity index (χ1n) is 7.99. The van der Waals surface area contributed by atoms with Gasteiger partial charge in [0.2, 0.25) is 0 Å². The van der Waals surface area contributed by atoms with Crippen LogP contribution >= 0.6 is 0 Å². The van der Waals surface area contributed by atoms with Gasteiger partial charge in [0.05, 0.1) is 5.69 Å². The molecule has 29 heavy (non-hydrogen) atoms. The van der Waals surface area contributed by atoms with Crippen molar-refractivity contribution < 1.29 is 30.8 Å². The molecule has 0 saturated carbocycles. The molecule has 0 spiro atoms. The highest BCUT2D eigenvalue weighted by Gasteiger charge is 2.13. The Hall–Kier alpha value is -2.86. The first kappa shape index (κ1) is 22.4. The number of hydrogen-bond donors (Lipinski definition) is 1. The molecule has 0 saturated heterocycles. The summed E-state index contributed by atoms with van der Waals surface area (Å²) in [5.74, 6) is 0.0181. The summed E-state index contributed by atoms with van der Waals surface area (Å²) in [6.45, 7) is 1.71. The van der Waals surface area contributed by atoms with Crippen molar-refractivity contribution in [3.63, 3.8) is 0 Å². The van der Waals surface area contributed by atoms with Gasteiger partial charge in [0.15, 0.2) is 0 Å². The Morgan fingerprint density at radius 3 is 2.38 bits per heavy atom. The molecule has 0 fully saturated rings. The largest absolute Gasteiger partial charge is 0.740 e. The lowest BCUT2D eigenvalue weighted by atomic mass is 10.1. The van der Waals surface area contributed by atoms with Gasteiger partial charge in [0.1, 0.15) is 29.1 Å². The SMILES string of the molecule is CON=Nc1ccc(/C=C/C=C/c2ccc(C)cc2S(=O)(=O)O)c(OS(=O)[O-])c1. The maximum atomic E-state index is 11.5. The molecular weight excluding hydrogens is 420 g/mol. The van der Waals surface area contributed by atoms with Crippen LogP contribution in [-0.2, 0) is 26.3 Å². The number of nitrogens with zero attached hydrogens (tertiary/aromatic N) is 2.